The molecule has 32 heavy (non-hydrogen) atoms. The van der Waals surface area contributed by atoms with E-state index in [4.69, 9.17) is 0 Å². The molecule has 0 aliphatic heterocycles. The van der Waals surface area contributed by atoms with Gasteiger partial charge in [-0.25, -0.2) is 8.78 Å². The van der Waals surface area contributed by atoms with E-state index in [2.05, 4.69) is 6.58 Å². The van der Waals surface area contributed by atoms with E-state index < -0.39 is 23.4 Å². The van der Waals surface area contributed by atoms with Crippen LogP contribution in [0.25, 0.3) is 33.0 Å². The number of alkyl halides is 3. The van der Waals surface area contributed by atoms with Crippen molar-refractivity contribution in [1.29, 1.82) is 0 Å². The summed E-state index contributed by atoms with van der Waals surface area (Å²) in [5.41, 5.74) is 1.35. The Bertz CT molecular complexity index is 1280. The van der Waals surface area contributed by atoms with Crippen molar-refractivity contribution in [3.05, 3.63) is 108 Å². The van der Waals surface area contributed by atoms with Crippen molar-refractivity contribution >= 4 is 10.8 Å². The number of hydrogen-bond acceptors (Lipinski definition) is 0. The number of rotatable bonds is 5. The molecule has 0 amide bonds. The van der Waals surface area contributed by atoms with Crippen LogP contribution in [0, 0.1) is 11.6 Å². The standard InChI is InChI=1S/C27H19F5/c1-2-3-4-17-5-12-23-19(15-17)9-14-24(26(23)29)20-8-13-22(25(28)16-20)18-6-10-21(11-7-18)27(30,31)32/h2,5-16H,1,3-4H2. The fourth-order valence-corrected chi connectivity index (χ4v) is 3.74. The zero-order valence-electron chi connectivity index (χ0n) is 17.0. The molecule has 4 rings (SSSR count). The molecule has 0 spiro atoms. The van der Waals surface area contributed by atoms with Gasteiger partial charge in [-0.2, -0.15) is 13.2 Å². The summed E-state index contributed by atoms with van der Waals surface area (Å²) in [6.45, 7) is 3.71. The molecule has 0 aliphatic carbocycles. The monoisotopic (exact) mass is 438 g/mol. The minimum atomic E-state index is -4.46. The van der Waals surface area contributed by atoms with Gasteiger partial charge in [-0.05, 0) is 53.1 Å². The van der Waals surface area contributed by atoms with E-state index in [-0.39, 0.29) is 11.1 Å². The van der Waals surface area contributed by atoms with E-state index >= 15 is 4.39 Å². The molecule has 0 saturated heterocycles. The summed E-state index contributed by atoms with van der Waals surface area (Å²) in [7, 11) is 0. The van der Waals surface area contributed by atoms with E-state index in [1.54, 1.807) is 24.3 Å². The summed E-state index contributed by atoms with van der Waals surface area (Å²) in [6.07, 6.45) is -0.978. The molecule has 0 N–H and O–H groups in total. The maximum Gasteiger partial charge on any atom is 0.416 e. The van der Waals surface area contributed by atoms with Gasteiger partial charge in [-0.1, -0.05) is 60.7 Å². The first kappa shape index (κ1) is 21.8. The molecule has 0 heterocycles. The number of allylic oxidation sites excluding steroid dienone is 1. The minimum Gasteiger partial charge on any atom is -0.206 e. The Morgan fingerprint density at radius 2 is 1.44 bits per heavy atom. The van der Waals surface area contributed by atoms with Crippen molar-refractivity contribution in [1.82, 2.24) is 0 Å². The van der Waals surface area contributed by atoms with Gasteiger partial charge in [0.05, 0.1) is 5.56 Å². The number of benzene rings is 4. The number of halogens is 5. The van der Waals surface area contributed by atoms with Crippen molar-refractivity contribution in [2.75, 3.05) is 0 Å². The summed E-state index contributed by atoms with van der Waals surface area (Å²) in [4.78, 5) is 0. The predicted molar refractivity (Wildman–Crippen MR) is 118 cm³/mol. The van der Waals surface area contributed by atoms with Crippen molar-refractivity contribution in [2.24, 2.45) is 0 Å². The lowest BCUT2D eigenvalue weighted by Gasteiger charge is -2.11. The third kappa shape index (κ3) is 4.28. The SMILES string of the molecule is C=CCCc1ccc2c(F)c(-c3ccc(-c4ccc(C(F)(F)F)cc4)c(F)c3)ccc2c1. The summed E-state index contributed by atoms with van der Waals surface area (Å²) in [6, 6.07) is 17.4. The second-order valence-electron chi connectivity index (χ2n) is 7.58. The van der Waals surface area contributed by atoms with Gasteiger partial charge in [0.2, 0.25) is 0 Å². The van der Waals surface area contributed by atoms with Crippen LogP contribution in [0.1, 0.15) is 17.5 Å². The van der Waals surface area contributed by atoms with Crippen LogP contribution in [0.15, 0.2) is 85.5 Å². The van der Waals surface area contributed by atoms with Crippen LogP contribution in [-0.2, 0) is 12.6 Å². The van der Waals surface area contributed by atoms with Gasteiger partial charge in [0.25, 0.3) is 0 Å². The second kappa shape index (κ2) is 8.58. The molecule has 0 fully saturated rings. The zero-order valence-corrected chi connectivity index (χ0v) is 17.0. The van der Waals surface area contributed by atoms with Crippen molar-refractivity contribution in [3.63, 3.8) is 0 Å². The van der Waals surface area contributed by atoms with Crippen LogP contribution in [-0.4, -0.2) is 0 Å². The summed E-state index contributed by atoms with van der Waals surface area (Å²) in [5, 5.41) is 1.20. The summed E-state index contributed by atoms with van der Waals surface area (Å²) < 4.78 is 68.3. The first-order valence-corrected chi connectivity index (χ1v) is 10.1. The van der Waals surface area contributed by atoms with Gasteiger partial charge >= 0.3 is 6.18 Å². The van der Waals surface area contributed by atoms with Gasteiger partial charge < -0.3 is 0 Å². The smallest absolute Gasteiger partial charge is 0.206 e. The van der Waals surface area contributed by atoms with Gasteiger partial charge in [0.15, 0.2) is 0 Å². The van der Waals surface area contributed by atoms with Gasteiger partial charge in [0.1, 0.15) is 11.6 Å². The summed E-state index contributed by atoms with van der Waals surface area (Å²) >= 11 is 0. The number of fused-ring (bicyclic) bond motifs is 1. The third-order valence-electron chi connectivity index (χ3n) is 5.46. The topological polar surface area (TPSA) is 0 Å². The van der Waals surface area contributed by atoms with E-state index in [0.29, 0.717) is 16.5 Å². The fraction of sp³-hybridized carbons (Fsp3) is 0.111. The molecule has 0 unspecified atom stereocenters. The third-order valence-corrected chi connectivity index (χ3v) is 5.46. The molecule has 0 nitrogen and oxygen atoms in total. The van der Waals surface area contributed by atoms with Crippen LogP contribution in [0.3, 0.4) is 0 Å². The Morgan fingerprint density at radius 1 is 0.750 bits per heavy atom. The van der Waals surface area contributed by atoms with E-state index in [9.17, 15) is 17.6 Å². The molecule has 4 aromatic rings. The van der Waals surface area contributed by atoms with Crippen LogP contribution >= 0.6 is 0 Å². The molecular weight excluding hydrogens is 419 g/mol. The van der Waals surface area contributed by atoms with Gasteiger partial charge in [0, 0.05) is 16.5 Å². The van der Waals surface area contributed by atoms with E-state index in [1.165, 1.54) is 24.3 Å². The fourth-order valence-electron chi connectivity index (χ4n) is 3.74. The largest absolute Gasteiger partial charge is 0.416 e. The minimum absolute atomic E-state index is 0.149. The molecule has 0 bridgehead atoms. The first-order chi connectivity index (χ1) is 15.3. The van der Waals surface area contributed by atoms with E-state index in [0.717, 1.165) is 35.9 Å². The van der Waals surface area contributed by atoms with Crippen LogP contribution < -0.4 is 0 Å². The average Bonchev–Trinajstić information content (AvgIpc) is 2.77. The molecule has 162 valence electrons. The van der Waals surface area contributed by atoms with Crippen LogP contribution in [0.5, 0.6) is 0 Å². The lowest BCUT2D eigenvalue weighted by molar-refractivity contribution is -0.137. The van der Waals surface area contributed by atoms with E-state index in [1.807, 2.05) is 18.2 Å². The quantitative estimate of drug-likeness (QED) is 0.216. The Morgan fingerprint density at radius 3 is 2.09 bits per heavy atom. The highest BCUT2D eigenvalue weighted by Gasteiger charge is 2.30. The molecule has 0 aliphatic rings. The zero-order chi connectivity index (χ0) is 22.9. The predicted octanol–water partition coefficient (Wildman–Crippen LogP) is 8.59. The Labute approximate surface area is 182 Å². The maximum atomic E-state index is 15.2. The van der Waals surface area contributed by atoms with Crippen molar-refractivity contribution < 1.29 is 22.0 Å². The number of aryl methyl sites for hydroxylation is 1. The second-order valence-corrected chi connectivity index (χ2v) is 7.58. The van der Waals surface area contributed by atoms with Crippen molar-refractivity contribution in [3.8, 4) is 22.3 Å². The molecule has 4 aromatic carbocycles. The molecule has 0 aromatic heterocycles. The Hall–Kier alpha value is -3.47. The maximum absolute atomic E-state index is 15.2. The lowest BCUT2D eigenvalue weighted by Crippen LogP contribution is -2.04. The lowest BCUT2D eigenvalue weighted by atomic mass is 9.96. The van der Waals surface area contributed by atoms with Gasteiger partial charge in [-0.3, -0.25) is 0 Å². The molecule has 0 radical (unpaired) electrons. The molecular formula is C27H19F5. The normalized spacial score (nSPS) is 11.7. The first-order valence-electron chi connectivity index (χ1n) is 10.1. The molecule has 0 saturated carbocycles. The van der Waals surface area contributed by atoms with Crippen LogP contribution in [0.2, 0.25) is 0 Å². The van der Waals surface area contributed by atoms with Crippen molar-refractivity contribution in [2.45, 2.75) is 19.0 Å². The highest BCUT2D eigenvalue weighted by atomic mass is 19.4. The average molecular weight is 438 g/mol. The van der Waals surface area contributed by atoms with Gasteiger partial charge in [-0.15, -0.1) is 6.58 Å². The summed E-state index contributed by atoms with van der Waals surface area (Å²) in [5.74, 6) is -1.08. The highest BCUT2D eigenvalue weighted by molar-refractivity contribution is 5.89. The van der Waals surface area contributed by atoms with Crippen LogP contribution in [0.4, 0.5) is 22.0 Å². The highest BCUT2D eigenvalue weighted by Crippen LogP contribution is 2.34. The number of hydrogen-bond donors (Lipinski definition) is 0. The Kier molecular flexibility index (Phi) is 5.83. The molecule has 0 atom stereocenters. The Balaban J connectivity index is 1.68. The molecule has 5 heteroatoms.